The number of benzene rings is 2. The SMILES string of the molecule is COC(=O)CNC(=O)c1cccc(-c2cccc(CNc3ncc([N+](=O)[O-])c(NC[C@H]4CC[C@H](CN)CC4)n3)c2C)c1. The number of aromatic nitrogens is 2. The molecule has 1 aromatic heterocycles. The number of ether oxygens (including phenoxy) is 1. The maximum atomic E-state index is 12.5. The first-order chi connectivity index (χ1) is 20.3. The van der Waals surface area contributed by atoms with Crippen LogP contribution in [0.4, 0.5) is 17.5 Å². The molecule has 1 fully saturated rings. The van der Waals surface area contributed by atoms with Crippen molar-refractivity contribution in [2.24, 2.45) is 17.6 Å². The van der Waals surface area contributed by atoms with Gasteiger partial charge in [-0.05, 0) is 85.4 Å². The highest BCUT2D eigenvalue weighted by molar-refractivity contribution is 5.97. The average molecular weight is 576 g/mol. The van der Waals surface area contributed by atoms with E-state index in [0.29, 0.717) is 37.0 Å². The summed E-state index contributed by atoms with van der Waals surface area (Å²) in [5, 5.41) is 20.5. The van der Waals surface area contributed by atoms with Crippen molar-refractivity contribution in [1.82, 2.24) is 15.3 Å². The number of methoxy groups -OCH3 is 1. The van der Waals surface area contributed by atoms with E-state index in [1.165, 1.54) is 13.3 Å². The van der Waals surface area contributed by atoms with Gasteiger partial charge in [0.2, 0.25) is 11.8 Å². The van der Waals surface area contributed by atoms with Crippen LogP contribution in [0.3, 0.4) is 0 Å². The molecule has 0 aliphatic heterocycles. The first kappa shape index (κ1) is 30.4. The first-order valence-corrected chi connectivity index (χ1v) is 14.0. The van der Waals surface area contributed by atoms with Gasteiger partial charge in [-0.3, -0.25) is 19.7 Å². The van der Waals surface area contributed by atoms with Crippen LogP contribution in [-0.2, 0) is 16.1 Å². The van der Waals surface area contributed by atoms with Crippen LogP contribution < -0.4 is 21.7 Å². The van der Waals surface area contributed by atoms with Crippen LogP contribution in [0.15, 0.2) is 48.7 Å². The molecular weight excluding hydrogens is 538 g/mol. The van der Waals surface area contributed by atoms with E-state index in [1.807, 2.05) is 31.2 Å². The Morgan fingerprint density at radius 2 is 1.83 bits per heavy atom. The number of nitrogens with one attached hydrogen (secondary N) is 3. The second-order valence-electron chi connectivity index (χ2n) is 10.5. The van der Waals surface area contributed by atoms with Gasteiger partial charge >= 0.3 is 11.7 Å². The van der Waals surface area contributed by atoms with Crippen LogP contribution in [-0.4, -0.2) is 53.5 Å². The van der Waals surface area contributed by atoms with Gasteiger partial charge in [-0.25, -0.2) is 4.98 Å². The molecule has 1 saturated carbocycles. The summed E-state index contributed by atoms with van der Waals surface area (Å²) in [5.74, 6) is 0.562. The summed E-state index contributed by atoms with van der Waals surface area (Å²) in [7, 11) is 1.26. The molecule has 1 amide bonds. The Morgan fingerprint density at radius 3 is 2.55 bits per heavy atom. The number of amides is 1. The van der Waals surface area contributed by atoms with Crippen LogP contribution in [0.5, 0.6) is 0 Å². The normalized spacial score (nSPS) is 16.4. The fourth-order valence-corrected chi connectivity index (χ4v) is 5.15. The predicted molar refractivity (Wildman–Crippen MR) is 160 cm³/mol. The van der Waals surface area contributed by atoms with Crippen molar-refractivity contribution in [3.63, 3.8) is 0 Å². The topological polar surface area (TPSA) is 174 Å². The van der Waals surface area contributed by atoms with E-state index in [1.54, 1.807) is 18.2 Å². The number of hydrogen-bond acceptors (Lipinski definition) is 10. The summed E-state index contributed by atoms with van der Waals surface area (Å²) in [6.45, 7) is 3.47. The molecule has 0 saturated heterocycles. The molecule has 1 aliphatic rings. The lowest BCUT2D eigenvalue weighted by Crippen LogP contribution is -2.30. The van der Waals surface area contributed by atoms with Crippen LogP contribution >= 0.6 is 0 Å². The zero-order valence-corrected chi connectivity index (χ0v) is 23.9. The Bertz CT molecular complexity index is 1420. The smallest absolute Gasteiger partial charge is 0.329 e. The van der Waals surface area contributed by atoms with Crippen LogP contribution in [0, 0.1) is 28.9 Å². The lowest BCUT2D eigenvalue weighted by Gasteiger charge is -2.27. The molecule has 1 aliphatic carbocycles. The van der Waals surface area contributed by atoms with Gasteiger partial charge in [0.25, 0.3) is 5.91 Å². The number of esters is 1. The van der Waals surface area contributed by atoms with Crippen molar-refractivity contribution in [2.45, 2.75) is 39.2 Å². The zero-order chi connectivity index (χ0) is 30.1. The van der Waals surface area contributed by atoms with Crippen molar-refractivity contribution >= 4 is 29.3 Å². The van der Waals surface area contributed by atoms with Gasteiger partial charge in [0.05, 0.1) is 12.0 Å². The highest BCUT2D eigenvalue weighted by Gasteiger charge is 2.23. The number of rotatable bonds is 12. The minimum Gasteiger partial charge on any atom is -0.468 e. The third-order valence-electron chi connectivity index (χ3n) is 7.76. The fourth-order valence-electron chi connectivity index (χ4n) is 5.15. The summed E-state index contributed by atoms with van der Waals surface area (Å²) in [5.41, 5.74) is 9.81. The second-order valence-corrected chi connectivity index (χ2v) is 10.5. The molecule has 222 valence electrons. The van der Waals surface area contributed by atoms with Gasteiger partial charge in [-0.1, -0.05) is 30.3 Å². The number of hydrogen-bond donors (Lipinski definition) is 4. The maximum absolute atomic E-state index is 12.5. The van der Waals surface area contributed by atoms with E-state index in [9.17, 15) is 19.7 Å². The molecule has 12 heteroatoms. The molecule has 12 nitrogen and oxygen atoms in total. The van der Waals surface area contributed by atoms with E-state index in [2.05, 4.69) is 30.7 Å². The summed E-state index contributed by atoms with van der Waals surface area (Å²) >= 11 is 0. The number of carbonyl (C=O) groups excluding carboxylic acids is 2. The molecule has 0 bridgehead atoms. The first-order valence-electron chi connectivity index (χ1n) is 14.0. The third-order valence-corrected chi connectivity index (χ3v) is 7.76. The molecule has 0 unspecified atom stereocenters. The van der Waals surface area contributed by atoms with Crippen LogP contribution in [0.25, 0.3) is 11.1 Å². The fraction of sp³-hybridized carbons (Fsp3) is 0.400. The number of nitrogens with two attached hydrogens (primary N) is 1. The zero-order valence-electron chi connectivity index (χ0n) is 23.9. The Morgan fingerprint density at radius 1 is 1.10 bits per heavy atom. The Balaban J connectivity index is 1.44. The summed E-state index contributed by atoms with van der Waals surface area (Å²) in [4.78, 5) is 43.6. The Hall–Kier alpha value is -4.58. The third kappa shape index (κ3) is 7.78. The minimum absolute atomic E-state index is 0.162. The number of nitrogens with zero attached hydrogens (tertiary/aromatic N) is 3. The predicted octanol–water partition coefficient (Wildman–Crippen LogP) is 4.05. The number of nitro groups is 1. The number of anilines is 2. The van der Waals surface area contributed by atoms with Crippen LogP contribution in [0.2, 0.25) is 0 Å². The summed E-state index contributed by atoms with van der Waals surface area (Å²) < 4.78 is 4.57. The molecular formula is C30H37N7O5. The van der Waals surface area contributed by atoms with E-state index in [-0.39, 0.29) is 29.9 Å². The summed E-state index contributed by atoms with van der Waals surface area (Å²) in [6.07, 6.45) is 5.45. The molecule has 0 atom stereocenters. The lowest BCUT2D eigenvalue weighted by molar-refractivity contribution is -0.384. The van der Waals surface area contributed by atoms with Crippen molar-refractivity contribution in [3.05, 3.63) is 75.5 Å². The summed E-state index contributed by atoms with van der Waals surface area (Å²) in [6, 6.07) is 13.0. The molecule has 42 heavy (non-hydrogen) atoms. The van der Waals surface area contributed by atoms with Gasteiger partial charge in [0.15, 0.2) is 0 Å². The molecule has 1 heterocycles. The molecule has 3 aromatic rings. The monoisotopic (exact) mass is 575 g/mol. The molecule has 0 radical (unpaired) electrons. The van der Waals surface area contributed by atoms with Crippen molar-refractivity contribution in [1.29, 1.82) is 0 Å². The van der Waals surface area contributed by atoms with E-state index >= 15 is 0 Å². The number of carbonyl (C=O) groups is 2. The maximum Gasteiger partial charge on any atom is 0.329 e. The highest BCUT2D eigenvalue weighted by Crippen LogP contribution is 2.30. The lowest BCUT2D eigenvalue weighted by atomic mass is 9.82. The minimum atomic E-state index is -0.527. The molecule has 0 spiro atoms. The van der Waals surface area contributed by atoms with Gasteiger partial charge in [0.1, 0.15) is 12.7 Å². The van der Waals surface area contributed by atoms with Crippen molar-refractivity contribution in [2.75, 3.05) is 37.4 Å². The van der Waals surface area contributed by atoms with Crippen LogP contribution in [0.1, 0.15) is 47.2 Å². The van der Waals surface area contributed by atoms with Crippen molar-refractivity contribution in [3.8, 4) is 11.1 Å². The largest absolute Gasteiger partial charge is 0.468 e. The second kappa shape index (κ2) is 14.4. The molecule has 2 aromatic carbocycles. The van der Waals surface area contributed by atoms with Crippen molar-refractivity contribution < 1.29 is 19.2 Å². The van der Waals surface area contributed by atoms with Gasteiger partial charge in [-0.2, -0.15) is 4.98 Å². The average Bonchev–Trinajstić information content (AvgIpc) is 3.02. The molecule has 5 N–H and O–H groups in total. The highest BCUT2D eigenvalue weighted by atomic mass is 16.6. The quantitative estimate of drug-likeness (QED) is 0.140. The Kier molecular flexibility index (Phi) is 10.4. The van der Waals surface area contributed by atoms with Gasteiger partial charge in [0, 0.05) is 18.7 Å². The standard InChI is InChI=1S/C30H37N7O5/c1-19-24(7-4-8-25(19)22-5-3-6-23(13-22)29(39)33-18-27(38)42-2)16-34-30-35-17-26(37(40)41)28(36-30)32-15-21-11-9-20(14-31)10-12-21/h3-8,13,17,20-21H,9-12,14-16,18,31H2,1-2H3,(H,33,39)(H2,32,34,35,36)/t20-,21-. The molecule has 4 rings (SSSR count). The van der Waals surface area contributed by atoms with E-state index in [4.69, 9.17) is 5.73 Å². The Labute approximate surface area is 244 Å². The van der Waals surface area contributed by atoms with E-state index < -0.39 is 10.9 Å². The van der Waals surface area contributed by atoms with E-state index in [0.717, 1.165) is 47.9 Å². The van der Waals surface area contributed by atoms with Gasteiger partial charge in [-0.15, -0.1) is 0 Å². The van der Waals surface area contributed by atoms with Gasteiger partial charge < -0.3 is 26.4 Å².